The van der Waals surface area contributed by atoms with Crippen molar-refractivity contribution >= 4 is 0 Å². The smallest absolute Gasteiger partial charge is 0.00355 e. The first kappa shape index (κ1) is 13.9. The fourth-order valence-corrected chi connectivity index (χ4v) is 1.68. The summed E-state index contributed by atoms with van der Waals surface area (Å²) in [5, 5.41) is 0. The van der Waals surface area contributed by atoms with Crippen molar-refractivity contribution < 1.29 is 0 Å². The van der Waals surface area contributed by atoms with E-state index in [4.69, 9.17) is 5.73 Å². The predicted molar refractivity (Wildman–Crippen MR) is 64.5 cm³/mol. The molecule has 1 atom stereocenters. The van der Waals surface area contributed by atoms with Gasteiger partial charge in [0.15, 0.2) is 0 Å². The van der Waals surface area contributed by atoms with E-state index in [0.717, 1.165) is 12.5 Å². The maximum atomic E-state index is 5.57. The molecule has 0 aliphatic heterocycles. The van der Waals surface area contributed by atoms with E-state index >= 15 is 0 Å². The van der Waals surface area contributed by atoms with Gasteiger partial charge in [0.1, 0.15) is 0 Å². The fourth-order valence-electron chi connectivity index (χ4n) is 1.68. The Morgan fingerprint density at radius 1 is 1.21 bits per heavy atom. The molecule has 2 nitrogen and oxygen atoms in total. The van der Waals surface area contributed by atoms with Gasteiger partial charge in [0.05, 0.1) is 0 Å². The molecule has 0 fully saturated rings. The van der Waals surface area contributed by atoms with Crippen LogP contribution in [0.25, 0.3) is 0 Å². The highest BCUT2D eigenvalue weighted by Crippen LogP contribution is 2.14. The normalized spacial score (nSPS) is 13.9. The Kier molecular flexibility index (Phi) is 8.20. The molecule has 2 heteroatoms. The summed E-state index contributed by atoms with van der Waals surface area (Å²) < 4.78 is 0. The summed E-state index contributed by atoms with van der Waals surface area (Å²) in [6.07, 6.45) is 5.13. The Hall–Kier alpha value is -0.0800. The largest absolute Gasteiger partial charge is 0.330 e. The Morgan fingerprint density at radius 2 is 1.86 bits per heavy atom. The molecule has 0 aliphatic rings. The van der Waals surface area contributed by atoms with Crippen LogP contribution in [0, 0.1) is 5.92 Å². The summed E-state index contributed by atoms with van der Waals surface area (Å²) in [6, 6.07) is 0.671. The molecule has 0 aromatic heterocycles. The molecule has 86 valence electrons. The van der Waals surface area contributed by atoms with Crippen LogP contribution in [0.1, 0.15) is 46.5 Å². The lowest BCUT2D eigenvalue weighted by atomic mass is 9.96. The summed E-state index contributed by atoms with van der Waals surface area (Å²) in [7, 11) is 2.20. The summed E-state index contributed by atoms with van der Waals surface area (Å²) in [4.78, 5) is 2.41. The van der Waals surface area contributed by atoms with Crippen molar-refractivity contribution in [2.24, 2.45) is 11.7 Å². The predicted octanol–water partition coefficient (Wildman–Crippen LogP) is 2.48. The van der Waals surface area contributed by atoms with E-state index in [1.54, 1.807) is 0 Å². The van der Waals surface area contributed by atoms with Gasteiger partial charge in [-0.05, 0) is 59.2 Å². The van der Waals surface area contributed by atoms with E-state index in [-0.39, 0.29) is 0 Å². The van der Waals surface area contributed by atoms with Gasteiger partial charge in [0.2, 0.25) is 0 Å². The summed E-state index contributed by atoms with van der Waals surface area (Å²) in [5.74, 6) is 0.848. The van der Waals surface area contributed by atoms with Crippen LogP contribution in [0.3, 0.4) is 0 Å². The summed E-state index contributed by atoms with van der Waals surface area (Å²) >= 11 is 0. The lowest BCUT2D eigenvalue weighted by Crippen LogP contribution is -2.27. The zero-order valence-electron chi connectivity index (χ0n) is 10.4. The minimum Gasteiger partial charge on any atom is -0.330 e. The maximum absolute atomic E-state index is 5.57. The van der Waals surface area contributed by atoms with E-state index in [9.17, 15) is 0 Å². The highest BCUT2D eigenvalue weighted by molar-refractivity contribution is 4.62. The molecule has 1 unspecified atom stereocenters. The molecule has 0 saturated heterocycles. The van der Waals surface area contributed by atoms with E-state index < -0.39 is 0 Å². The molecule has 0 aliphatic carbocycles. The van der Waals surface area contributed by atoms with Crippen molar-refractivity contribution in [3.05, 3.63) is 0 Å². The molecule has 0 bridgehead atoms. The van der Waals surface area contributed by atoms with Crippen LogP contribution in [0.15, 0.2) is 0 Å². The standard InChI is InChI=1S/C12H28N2/c1-5-12(8-9-13)7-6-10-14(4)11(2)3/h11-12H,5-10,13H2,1-4H3. The monoisotopic (exact) mass is 200 g/mol. The third kappa shape index (κ3) is 6.39. The van der Waals surface area contributed by atoms with Gasteiger partial charge in [-0.1, -0.05) is 13.3 Å². The molecule has 0 aromatic rings. The van der Waals surface area contributed by atoms with E-state index in [2.05, 4.69) is 32.7 Å². The second kappa shape index (κ2) is 8.25. The Morgan fingerprint density at radius 3 is 2.29 bits per heavy atom. The van der Waals surface area contributed by atoms with Crippen molar-refractivity contribution in [2.45, 2.75) is 52.5 Å². The third-order valence-electron chi connectivity index (χ3n) is 3.16. The fraction of sp³-hybridized carbons (Fsp3) is 1.00. The second-order valence-electron chi connectivity index (χ2n) is 4.57. The van der Waals surface area contributed by atoms with Gasteiger partial charge in [-0.15, -0.1) is 0 Å². The van der Waals surface area contributed by atoms with Gasteiger partial charge in [-0.3, -0.25) is 0 Å². The first-order valence-corrected chi connectivity index (χ1v) is 6.02. The quantitative estimate of drug-likeness (QED) is 0.652. The summed E-state index contributed by atoms with van der Waals surface area (Å²) in [5.41, 5.74) is 5.57. The van der Waals surface area contributed by atoms with Crippen molar-refractivity contribution in [3.8, 4) is 0 Å². The molecule has 0 spiro atoms. The number of hydrogen-bond acceptors (Lipinski definition) is 2. The number of nitrogens with zero attached hydrogens (tertiary/aromatic N) is 1. The number of rotatable bonds is 8. The van der Waals surface area contributed by atoms with Crippen LogP contribution >= 0.6 is 0 Å². The molecule has 0 heterocycles. The molecule has 0 aromatic carbocycles. The third-order valence-corrected chi connectivity index (χ3v) is 3.16. The Labute approximate surface area is 89.9 Å². The number of hydrogen-bond donors (Lipinski definition) is 1. The van der Waals surface area contributed by atoms with Crippen molar-refractivity contribution in [2.75, 3.05) is 20.1 Å². The van der Waals surface area contributed by atoms with Gasteiger partial charge >= 0.3 is 0 Å². The van der Waals surface area contributed by atoms with E-state index in [1.165, 1.54) is 32.2 Å². The van der Waals surface area contributed by atoms with Gasteiger partial charge in [-0.25, -0.2) is 0 Å². The average Bonchev–Trinajstić information content (AvgIpc) is 2.16. The molecular weight excluding hydrogens is 172 g/mol. The minimum absolute atomic E-state index is 0.671. The van der Waals surface area contributed by atoms with Crippen molar-refractivity contribution in [1.29, 1.82) is 0 Å². The molecule has 2 N–H and O–H groups in total. The summed E-state index contributed by atoms with van der Waals surface area (Å²) in [6.45, 7) is 8.83. The van der Waals surface area contributed by atoms with Crippen LogP contribution in [-0.2, 0) is 0 Å². The van der Waals surface area contributed by atoms with Gasteiger partial charge in [0, 0.05) is 6.04 Å². The second-order valence-corrected chi connectivity index (χ2v) is 4.57. The topological polar surface area (TPSA) is 29.3 Å². The maximum Gasteiger partial charge on any atom is 0.00355 e. The molecule has 0 radical (unpaired) electrons. The van der Waals surface area contributed by atoms with Crippen LogP contribution < -0.4 is 5.73 Å². The zero-order chi connectivity index (χ0) is 11.0. The van der Waals surface area contributed by atoms with Crippen LogP contribution in [-0.4, -0.2) is 31.1 Å². The Balaban J connectivity index is 3.50. The average molecular weight is 200 g/mol. The lowest BCUT2D eigenvalue weighted by molar-refractivity contribution is 0.258. The molecule has 0 saturated carbocycles. The van der Waals surface area contributed by atoms with Crippen molar-refractivity contribution in [3.63, 3.8) is 0 Å². The SMILES string of the molecule is CCC(CCN)CCCN(C)C(C)C. The highest BCUT2D eigenvalue weighted by atomic mass is 15.1. The van der Waals surface area contributed by atoms with Crippen LogP contribution in [0.2, 0.25) is 0 Å². The van der Waals surface area contributed by atoms with Crippen LogP contribution in [0.4, 0.5) is 0 Å². The molecular formula is C12H28N2. The van der Waals surface area contributed by atoms with E-state index in [0.29, 0.717) is 6.04 Å². The number of nitrogens with two attached hydrogens (primary N) is 1. The Bertz CT molecular complexity index is 123. The lowest BCUT2D eigenvalue weighted by Gasteiger charge is -2.22. The zero-order valence-corrected chi connectivity index (χ0v) is 10.4. The minimum atomic E-state index is 0.671. The first-order valence-electron chi connectivity index (χ1n) is 6.02. The first-order chi connectivity index (χ1) is 6.61. The van der Waals surface area contributed by atoms with Gasteiger partial charge in [0.25, 0.3) is 0 Å². The van der Waals surface area contributed by atoms with Crippen molar-refractivity contribution in [1.82, 2.24) is 4.90 Å². The van der Waals surface area contributed by atoms with Gasteiger partial charge < -0.3 is 10.6 Å². The van der Waals surface area contributed by atoms with Crippen LogP contribution in [0.5, 0.6) is 0 Å². The molecule has 0 rings (SSSR count). The highest BCUT2D eigenvalue weighted by Gasteiger charge is 2.07. The van der Waals surface area contributed by atoms with E-state index in [1.807, 2.05) is 0 Å². The van der Waals surface area contributed by atoms with Gasteiger partial charge in [-0.2, -0.15) is 0 Å². The molecule has 0 amide bonds. The molecule has 14 heavy (non-hydrogen) atoms.